The number of hydrogen-bond donors (Lipinski definition) is 1. The Kier molecular flexibility index (Phi) is 8.15. The third-order valence-corrected chi connectivity index (χ3v) is 4.12. The van der Waals surface area contributed by atoms with E-state index in [1.54, 1.807) is 35.3 Å². The van der Waals surface area contributed by atoms with Crippen LogP contribution in [0.4, 0.5) is 0 Å². The van der Waals surface area contributed by atoms with Crippen molar-refractivity contribution in [2.24, 2.45) is 0 Å². The Morgan fingerprint density at radius 3 is 2.89 bits per heavy atom. The lowest BCUT2D eigenvalue weighted by molar-refractivity contribution is -0.742. The maximum Gasteiger partial charge on any atom is 0.291 e. The minimum absolute atomic E-state index is 0.222. The van der Waals surface area contributed by atoms with Crippen molar-refractivity contribution in [3.05, 3.63) is 69.2 Å². The monoisotopic (exact) mass is 432 g/mol. The lowest BCUT2D eigenvalue weighted by Crippen LogP contribution is -2.34. The first-order valence-corrected chi connectivity index (χ1v) is 8.73. The Balaban J connectivity index is 0.000000640. The topological polar surface area (TPSA) is 122 Å². The third kappa shape index (κ3) is 6.14. The van der Waals surface area contributed by atoms with E-state index >= 15 is 0 Å². The first kappa shape index (κ1) is 22.1. The Morgan fingerprint density at radius 2 is 2.29 bits per heavy atom. The molecule has 0 saturated carbocycles. The van der Waals surface area contributed by atoms with Crippen molar-refractivity contribution in [3.8, 4) is 0 Å². The molecule has 2 aromatic rings. The van der Waals surface area contributed by atoms with Crippen LogP contribution in [0.25, 0.3) is 0 Å². The van der Waals surface area contributed by atoms with Crippen LogP contribution in [0.15, 0.2) is 43.5 Å². The molecule has 12 heteroatoms. The molecule has 2 atom stereocenters. The molecule has 0 bridgehead atoms. The molecule has 1 aromatic heterocycles. The lowest BCUT2D eigenvalue weighted by atomic mass is 10.1. The maximum absolute atomic E-state index is 8.36. The molecule has 10 nitrogen and oxygen atoms in total. The van der Waals surface area contributed by atoms with Gasteiger partial charge in [0.05, 0.1) is 24.8 Å². The average Bonchev–Trinajstić information content (AvgIpc) is 3.26. The highest BCUT2D eigenvalue weighted by Crippen LogP contribution is 2.40. The van der Waals surface area contributed by atoms with Crippen LogP contribution in [-0.4, -0.2) is 51.0 Å². The highest BCUT2D eigenvalue weighted by molar-refractivity contribution is 6.35. The van der Waals surface area contributed by atoms with Crippen LogP contribution in [0.2, 0.25) is 10.0 Å². The highest BCUT2D eigenvalue weighted by Gasteiger charge is 2.45. The van der Waals surface area contributed by atoms with Crippen molar-refractivity contribution in [1.29, 1.82) is 0 Å². The van der Waals surface area contributed by atoms with Gasteiger partial charge in [-0.25, -0.2) is 9.67 Å². The van der Waals surface area contributed by atoms with Crippen LogP contribution in [0.3, 0.4) is 0 Å². The Morgan fingerprint density at radius 1 is 1.54 bits per heavy atom. The molecule has 1 N–H and O–H groups in total. The summed E-state index contributed by atoms with van der Waals surface area (Å²) in [5, 5.41) is 18.8. The van der Waals surface area contributed by atoms with Gasteiger partial charge in [-0.3, -0.25) is 0 Å². The van der Waals surface area contributed by atoms with Crippen molar-refractivity contribution >= 4 is 23.2 Å². The van der Waals surface area contributed by atoms with Crippen LogP contribution in [-0.2, 0) is 26.5 Å². The molecular weight excluding hydrogens is 415 g/mol. The second kappa shape index (κ2) is 10.3. The van der Waals surface area contributed by atoms with Crippen LogP contribution < -0.4 is 0 Å². The van der Waals surface area contributed by atoms with Crippen LogP contribution in [0, 0.1) is 10.1 Å². The zero-order valence-electron chi connectivity index (χ0n) is 14.6. The summed E-state index contributed by atoms with van der Waals surface area (Å²) < 4.78 is 19.3. The first-order chi connectivity index (χ1) is 13.4. The van der Waals surface area contributed by atoms with Gasteiger partial charge in [-0.05, 0) is 12.1 Å². The van der Waals surface area contributed by atoms with Crippen molar-refractivity contribution in [2.45, 2.75) is 18.4 Å². The molecule has 0 aliphatic carbocycles. The van der Waals surface area contributed by atoms with Gasteiger partial charge in [-0.2, -0.15) is 5.10 Å². The summed E-state index contributed by atoms with van der Waals surface area (Å²) in [6.07, 6.45) is 4.52. The number of ether oxygens (including phenoxy) is 3. The average molecular weight is 433 g/mol. The second-order valence-corrected chi connectivity index (χ2v) is 6.43. The van der Waals surface area contributed by atoms with E-state index in [1.165, 1.54) is 6.33 Å². The quantitative estimate of drug-likeness (QED) is 0.306. The number of aromatic nitrogens is 3. The number of nitrogens with zero attached hydrogens (tertiary/aromatic N) is 4. The van der Waals surface area contributed by atoms with E-state index < -0.39 is 10.9 Å². The van der Waals surface area contributed by atoms with Crippen molar-refractivity contribution in [2.75, 3.05) is 19.8 Å². The third-order valence-electron chi connectivity index (χ3n) is 3.58. The van der Waals surface area contributed by atoms with Crippen molar-refractivity contribution in [3.63, 3.8) is 0 Å². The number of hydrogen-bond acceptors (Lipinski definition) is 7. The lowest BCUT2D eigenvalue weighted by Gasteiger charge is -2.29. The fourth-order valence-corrected chi connectivity index (χ4v) is 3.12. The van der Waals surface area contributed by atoms with Crippen LogP contribution in [0.1, 0.15) is 5.56 Å². The van der Waals surface area contributed by atoms with Gasteiger partial charge in [0.15, 0.2) is 0 Å². The Hall–Kier alpha value is -2.24. The largest absolute Gasteiger partial charge is 0.375 e. The summed E-state index contributed by atoms with van der Waals surface area (Å²) in [6.45, 7) is 5.17. The number of benzene rings is 1. The molecule has 3 rings (SSSR count). The summed E-state index contributed by atoms with van der Waals surface area (Å²) >= 11 is 12.4. The summed E-state index contributed by atoms with van der Waals surface area (Å²) in [5.41, 5.74) is 0.690. The summed E-state index contributed by atoms with van der Waals surface area (Å²) in [7, 11) is 0. The van der Waals surface area contributed by atoms with E-state index in [4.69, 9.17) is 52.7 Å². The van der Waals surface area contributed by atoms with Crippen LogP contribution in [0.5, 0.6) is 0 Å². The zero-order chi connectivity index (χ0) is 20.6. The van der Waals surface area contributed by atoms with Crippen molar-refractivity contribution < 1.29 is 24.5 Å². The molecular formula is C16H18Cl2N4O6. The second-order valence-electron chi connectivity index (χ2n) is 5.58. The van der Waals surface area contributed by atoms with E-state index in [-0.39, 0.29) is 6.10 Å². The minimum atomic E-state index is -1.50. The smallest absolute Gasteiger partial charge is 0.291 e. The summed E-state index contributed by atoms with van der Waals surface area (Å²) in [6, 6.07) is 5.21. The fourth-order valence-electron chi connectivity index (χ4n) is 2.57. The van der Waals surface area contributed by atoms with E-state index in [0.29, 0.717) is 42.0 Å². The van der Waals surface area contributed by atoms with Gasteiger partial charge in [-0.15, -0.1) is 16.7 Å². The normalized spacial score (nSPS) is 21.0. The van der Waals surface area contributed by atoms with Gasteiger partial charge in [0, 0.05) is 10.6 Å². The van der Waals surface area contributed by atoms with E-state index in [2.05, 4.69) is 16.7 Å². The molecule has 1 aliphatic heterocycles. The minimum Gasteiger partial charge on any atom is -0.375 e. The van der Waals surface area contributed by atoms with E-state index in [0.717, 1.165) is 0 Å². The SMILES string of the molecule is C=CCOC[C@@H]1CO[C@@](Cn2cncn2)(c2ccc(Cl)cc2Cl)O1.O=[N+]([O-])O. The molecule has 1 saturated heterocycles. The van der Waals surface area contributed by atoms with E-state index in [1.807, 2.05) is 0 Å². The molecule has 0 unspecified atom stereocenters. The van der Waals surface area contributed by atoms with Gasteiger partial charge in [0.2, 0.25) is 5.79 Å². The predicted molar refractivity (Wildman–Crippen MR) is 98.8 cm³/mol. The molecule has 28 heavy (non-hydrogen) atoms. The maximum atomic E-state index is 8.36. The Labute approximate surface area is 170 Å². The standard InChI is InChI=1S/C16H17Cl2N3O3.HNO3/c1-2-5-22-7-13-8-23-16(24-13,9-21-11-19-10-20-21)14-4-3-12(17)6-15(14)18;2-1(3)4/h2-4,6,10-11,13H,1,5,7-9H2;(H,2,3,4)/t13-,16-;/m1./s1. The highest BCUT2D eigenvalue weighted by atomic mass is 35.5. The van der Waals surface area contributed by atoms with Gasteiger partial charge in [0.25, 0.3) is 5.09 Å². The molecule has 0 radical (unpaired) electrons. The number of rotatable bonds is 7. The fraction of sp³-hybridized carbons (Fsp3) is 0.375. The molecule has 1 fully saturated rings. The van der Waals surface area contributed by atoms with Gasteiger partial charge in [-0.1, -0.05) is 35.3 Å². The molecule has 0 amide bonds. The summed E-state index contributed by atoms with van der Waals surface area (Å²) in [4.78, 5) is 12.3. The molecule has 1 aromatic carbocycles. The van der Waals surface area contributed by atoms with Gasteiger partial charge < -0.3 is 19.4 Å². The predicted octanol–water partition coefficient (Wildman–Crippen LogP) is 2.71. The van der Waals surface area contributed by atoms with E-state index in [9.17, 15) is 0 Å². The molecule has 0 spiro atoms. The van der Waals surface area contributed by atoms with Gasteiger partial charge >= 0.3 is 0 Å². The molecule has 2 heterocycles. The zero-order valence-corrected chi connectivity index (χ0v) is 16.1. The van der Waals surface area contributed by atoms with Crippen LogP contribution >= 0.6 is 23.2 Å². The Bertz CT molecular complexity index is 787. The first-order valence-electron chi connectivity index (χ1n) is 7.98. The molecule has 1 aliphatic rings. The summed E-state index contributed by atoms with van der Waals surface area (Å²) in [5.74, 6) is -1.07. The van der Waals surface area contributed by atoms with Crippen molar-refractivity contribution in [1.82, 2.24) is 14.8 Å². The molecule has 152 valence electrons. The number of halogens is 2. The van der Waals surface area contributed by atoms with Gasteiger partial charge in [0.1, 0.15) is 25.3 Å².